The number of imidazole rings is 2. The van der Waals surface area contributed by atoms with E-state index in [1.54, 1.807) is 0 Å². The Morgan fingerprint density at radius 3 is 2.88 bits per heavy atom. The van der Waals surface area contributed by atoms with E-state index in [-0.39, 0.29) is 0 Å². The van der Waals surface area contributed by atoms with Gasteiger partial charge < -0.3 is 9.97 Å². The van der Waals surface area contributed by atoms with Gasteiger partial charge in [-0.3, -0.25) is 9.80 Å². The van der Waals surface area contributed by atoms with Crippen molar-refractivity contribution >= 4 is 0 Å². The van der Waals surface area contributed by atoms with Gasteiger partial charge in [0.15, 0.2) is 0 Å². The maximum Gasteiger partial charge on any atom is 0.106 e. The minimum absolute atomic E-state index is 0.649. The summed E-state index contributed by atoms with van der Waals surface area (Å²) in [5, 5.41) is 0. The number of hydrogen-bond donors (Lipinski definition) is 2. The normalized spacial score (nSPS) is 24.2. The summed E-state index contributed by atoms with van der Waals surface area (Å²) in [6.45, 7) is 9.90. The van der Waals surface area contributed by atoms with E-state index in [2.05, 4.69) is 49.8 Å². The van der Waals surface area contributed by atoms with Crippen molar-refractivity contribution in [1.82, 2.24) is 29.7 Å². The Labute approximate surface area is 156 Å². The van der Waals surface area contributed by atoms with Crippen LogP contribution in [0.5, 0.6) is 0 Å². The van der Waals surface area contributed by atoms with E-state index in [0.29, 0.717) is 6.04 Å². The van der Waals surface area contributed by atoms with E-state index in [4.69, 9.17) is 0 Å². The second-order valence-electron chi connectivity index (χ2n) is 8.15. The van der Waals surface area contributed by atoms with Crippen LogP contribution in [-0.2, 0) is 19.5 Å². The van der Waals surface area contributed by atoms with Crippen molar-refractivity contribution < 1.29 is 0 Å². The Hall–Kier alpha value is -1.66. The average molecular weight is 357 g/mol. The molecule has 3 saturated heterocycles. The van der Waals surface area contributed by atoms with Crippen LogP contribution >= 0.6 is 0 Å². The van der Waals surface area contributed by atoms with Crippen LogP contribution < -0.4 is 0 Å². The number of rotatable bonds is 7. The van der Waals surface area contributed by atoms with E-state index < -0.39 is 0 Å². The summed E-state index contributed by atoms with van der Waals surface area (Å²) >= 11 is 0. The molecule has 2 bridgehead atoms. The number of H-pyrrole nitrogens is 2. The van der Waals surface area contributed by atoms with Gasteiger partial charge in [-0.1, -0.05) is 13.3 Å². The largest absolute Gasteiger partial charge is 0.348 e. The van der Waals surface area contributed by atoms with Crippen LogP contribution in [-0.4, -0.2) is 55.4 Å². The molecule has 26 heavy (non-hydrogen) atoms. The van der Waals surface area contributed by atoms with Gasteiger partial charge in [-0.25, -0.2) is 9.97 Å². The van der Waals surface area contributed by atoms with Crippen molar-refractivity contribution in [1.29, 1.82) is 0 Å². The maximum atomic E-state index is 4.57. The Bertz CT molecular complexity index is 705. The predicted octanol–water partition coefficient (Wildman–Crippen LogP) is 2.88. The zero-order chi connectivity index (χ0) is 17.9. The summed E-state index contributed by atoms with van der Waals surface area (Å²) in [4.78, 5) is 21.1. The predicted molar refractivity (Wildman–Crippen MR) is 103 cm³/mol. The van der Waals surface area contributed by atoms with E-state index >= 15 is 0 Å². The molecule has 2 aromatic heterocycles. The zero-order valence-electron chi connectivity index (χ0n) is 16.2. The van der Waals surface area contributed by atoms with Crippen LogP contribution in [0.15, 0.2) is 12.5 Å². The third-order valence-electron chi connectivity index (χ3n) is 6.03. The highest BCUT2D eigenvalue weighted by Gasteiger charge is 2.35. The minimum Gasteiger partial charge on any atom is -0.348 e. The quantitative estimate of drug-likeness (QED) is 0.801. The van der Waals surface area contributed by atoms with Crippen molar-refractivity contribution in [3.63, 3.8) is 0 Å². The fourth-order valence-corrected chi connectivity index (χ4v) is 4.53. The molecule has 5 heterocycles. The van der Waals surface area contributed by atoms with Crippen LogP contribution in [0.2, 0.25) is 0 Å². The fourth-order valence-electron chi connectivity index (χ4n) is 4.53. The van der Waals surface area contributed by atoms with Crippen LogP contribution in [0, 0.1) is 12.8 Å². The van der Waals surface area contributed by atoms with Crippen molar-refractivity contribution in [3.05, 3.63) is 35.4 Å². The number of piperidine rings is 1. The highest BCUT2D eigenvalue weighted by molar-refractivity contribution is 5.09. The smallest absolute Gasteiger partial charge is 0.106 e. The molecule has 5 rings (SSSR count). The van der Waals surface area contributed by atoms with Gasteiger partial charge in [0.05, 0.1) is 12.0 Å². The van der Waals surface area contributed by atoms with Gasteiger partial charge in [0.25, 0.3) is 0 Å². The molecule has 0 spiro atoms. The Morgan fingerprint density at radius 1 is 1.15 bits per heavy atom. The van der Waals surface area contributed by atoms with Crippen LogP contribution in [0.4, 0.5) is 0 Å². The van der Waals surface area contributed by atoms with Gasteiger partial charge in [-0.2, -0.15) is 0 Å². The molecule has 0 aliphatic carbocycles. The zero-order valence-corrected chi connectivity index (χ0v) is 16.2. The molecule has 0 radical (unpaired) electrons. The number of fused-ring (bicyclic) bond motifs is 4. The minimum atomic E-state index is 0.649. The van der Waals surface area contributed by atoms with Gasteiger partial charge in [0.1, 0.15) is 5.82 Å². The molecule has 0 unspecified atom stereocenters. The molecule has 2 aromatic rings. The summed E-state index contributed by atoms with van der Waals surface area (Å²) in [7, 11) is 0. The summed E-state index contributed by atoms with van der Waals surface area (Å²) < 4.78 is 0. The second kappa shape index (κ2) is 7.92. The van der Waals surface area contributed by atoms with Crippen molar-refractivity contribution in [2.24, 2.45) is 5.92 Å². The lowest BCUT2D eigenvalue weighted by Gasteiger charge is -2.35. The van der Waals surface area contributed by atoms with Crippen LogP contribution in [0.25, 0.3) is 0 Å². The number of hydrogen-bond acceptors (Lipinski definition) is 4. The first-order chi connectivity index (χ1) is 12.7. The number of aryl methyl sites for hydroxylation is 2. The Kier molecular flexibility index (Phi) is 5.41. The molecule has 142 valence electrons. The molecule has 3 aliphatic rings. The first-order valence-corrected chi connectivity index (χ1v) is 10.2. The van der Waals surface area contributed by atoms with Crippen molar-refractivity contribution in [2.45, 2.75) is 65.1 Å². The Morgan fingerprint density at radius 2 is 2.08 bits per heavy atom. The van der Waals surface area contributed by atoms with E-state index in [9.17, 15) is 0 Å². The van der Waals surface area contributed by atoms with Gasteiger partial charge >= 0.3 is 0 Å². The van der Waals surface area contributed by atoms with E-state index in [1.165, 1.54) is 55.9 Å². The molecule has 2 N–H and O–H groups in total. The topological polar surface area (TPSA) is 63.8 Å². The monoisotopic (exact) mass is 356 g/mol. The van der Waals surface area contributed by atoms with Crippen LogP contribution in [0.3, 0.4) is 0 Å². The lowest BCUT2D eigenvalue weighted by molar-refractivity contribution is 0.121. The molecule has 0 aromatic carbocycles. The van der Waals surface area contributed by atoms with Crippen molar-refractivity contribution in [3.8, 4) is 0 Å². The number of aromatic nitrogens is 4. The SMILES string of the molecule is CCCCc1ncc(CN2C[C@H]3CC[C@@H]2CN(Cc2nc[nH]c2C)C3)[nH]1. The highest BCUT2D eigenvalue weighted by Crippen LogP contribution is 2.29. The lowest BCUT2D eigenvalue weighted by atomic mass is 9.95. The maximum absolute atomic E-state index is 4.57. The first kappa shape index (κ1) is 17.7. The molecule has 6 nitrogen and oxygen atoms in total. The van der Waals surface area contributed by atoms with Gasteiger partial charge in [-0.05, 0) is 32.1 Å². The molecule has 3 aliphatic heterocycles. The van der Waals surface area contributed by atoms with E-state index in [1.807, 2.05) is 6.33 Å². The molecular formula is C20H32N6. The summed E-state index contributed by atoms with van der Waals surface area (Å²) in [5.74, 6) is 1.92. The molecule has 0 saturated carbocycles. The van der Waals surface area contributed by atoms with E-state index in [0.717, 1.165) is 37.8 Å². The first-order valence-electron chi connectivity index (χ1n) is 10.2. The molecule has 6 heteroatoms. The molecule has 3 fully saturated rings. The number of nitrogens with zero attached hydrogens (tertiary/aromatic N) is 4. The summed E-state index contributed by atoms with van der Waals surface area (Å²) in [6, 6.07) is 0.649. The Balaban J connectivity index is 1.38. The van der Waals surface area contributed by atoms with Gasteiger partial charge in [0.2, 0.25) is 0 Å². The van der Waals surface area contributed by atoms with Gasteiger partial charge in [0, 0.05) is 62.8 Å². The summed E-state index contributed by atoms with van der Waals surface area (Å²) in [5.41, 5.74) is 3.68. The molecule has 0 amide bonds. The lowest BCUT2D eigenvalue weighted by Crippen LogP contribution is -2.43. The number of unbranched alkanes of at least 4 members (excludes halogenated alkanes) is 1. The van der Waals surface area contributed by atoms with Crippen molar-refractivity contribution in [2.75, 3.05) is 19.6 Å². The molecule has 2 atom stereocenters. The number of nitrogens with one attached hydrogen (secondary N) is 2. The van der Waals surface area contributed by atoms with Gasteiger partial charge in [-0.15, -0.1) is 0 Å². The van der Waals surface area contributed by atoms with Crippen LogP contribution in [0.1, 0.15) is 55.5 Å². The molecular weight excluding hydrogens is 324 g/mol. The number of aromatic amines is 2. The highest BCUT2D eigenvalue weighted by atomic mass is 15.3. The standard InChI is InChI=1S/C20H32N6/c1-3-4-5-20-21-8-17(24-20)11-26-10-16-6-7-18(26)12-25(9-16)13-19-15(2)22-14-23-19/h8,14,16,18H,3-7,9-13H2,1-2H3,(H,21,24)(H,22,23)/t16-,18+/m0/s1. The second-order valence-corrected chi connectivity index (χ2v) is 8.15. The third-order valence-corrected chi connectivity index (χ3v) is 6.03. The summed E-state index contributed by atoms with van der Waals surface area (Å²) in [6.07, 6.45) is 10.0. The average Bonchev–Trinajstić information content (AvgIpc) is 3.14. The third kappa shape index (κ3) is 4.01. The fraction of sp³-hybridized carbons (Fsp3) is 0.700.